The summed E-state index contributed by atoms with van der Waals surface area (Å²) in [5.74, 6) is 0.938. The molecule has 0 bridgehead atoms. The second kappa shape index (κ2) is 6.62. The molecule has 0 saturated carbocycles. The first-order valence-electron chi connectivity index (χ1n) is 7.17. The Morgan fingerprint density at radius 3 is 2.50 bits per heavy atom. The van der Waals surface area contributed by atoms with E-state index in [1.54, 1.807) is 0 Å². The number of nitrogens with zero attached hydrogens (tertiary/aromatic N) is 2. The number of rotatable bonds is 5. The summed E-state index contributed by atoms with van der Waals surface area (Å²) in [6.07, 6.45) is 1.98. The van der Waals surface area contributed by atoms with Gasteiger partial charge in [-0.05, 0) is 64.0 Å². The molecule has 0 saturated heterocycles. The Bertz CT molecular complexity index is 591. The van der Waals surface area contributed by atoms with Crippen LogP contribution in [0.2, 0.25) is 0 Å². The van der Waals surface area contributed by atoms with E-state index in [9.17, 15) is 0 Å². The van der Waals surface area contributed by atoms with Crippen LogP contribution in [-0.4, -0.2) is 23.6 Å². The summed E-state index contributed by atoms with van der Waals surface area (Å²) in [5, 5.41) is 3.16. The van der Waals surface area contributed by atoms with Gasteiger partial charge in [0.25, 0.3) is 0 Å². The van der Waals surface area contributed by atoms with E-state index in [2.05, 4.69) is 48.4 Å². The van der Waals surface area contributed by atoms with Crippen LogP contribution in [0, 0.1) is 20.8 Å². The number of nitrogens with one attached hydrogen (secondary N) is 1. The van der Waals surface area contributed by atoms with Gasteiger partial charge in [0.15, 0.2) is 0 Å². The molecule has 0 spiro atoms. The molecule has 1 aromatic heterocycles. The average molecular weight is 269 g/mol. The Kier molecular flexibility index (Phi) is 4.85. The topological polar surface area (TPSA) is 37.8 Å². The molecule has 0 aliphatic heterocycles. The zero-order chi connectivity index (χ0) is 14.5. The Labute approximate surface area is 121 Å². The molecule has 0 amide bonds. The molecular formula is C17H23N3. The predicted molar refractivity (Wildman–Crippen MR) is 83.9 cm³/mol. The number of hydrogen-bond donors (Lipinski definition) is 1. The Morgan fingerprint density at radius 1 is 1.00 bits per heavy atom. The molecule has 1 aromatic carbocycles. The molecule has 3 nitrogen and oxygen atoms in total. The van der Waals surface area contributed by atoms with Crippen molar-refractivity contribution in [3.8, 4) is 11.3 Å². The van der Waals surface area contributed by atoms with Crippen molar-refractivity contribution in [1.29, 1.82) is 0 Å². The summed E-state index contributed by atoms with van der Waals surface area (Å²) in [5.41, 5.74) is 5.85. The summed E-state index contributed by atoms with van der Waals surface area (Å²) in [6, 6.07) is 8.56. The first kappa shape index (κ1) is 14.7. The van der Waals surface area contributed by atoms with Gasteiger partial charge in [0.2, 0.25) is 0 Å². The summed E-state index contributed by atoms with van der Waals surface area (Å²) in [4.78, 5) is 9.24. The molecule has 2 aromatic rings. The fourth-order valence-corrected chi connectivity index (χ4v) is 2.21. The van der Waals surface area contributed by atoms with Gasteiger partial charge in [-0.3, -0.25) is 0 Å². The van der Waals surface area contributed by atoms with Gasteiger partial charge in [0.05, 0.1) is 5.69 Å². The molecule has 20 heavy (non-hydrogen) atoms. The van der Waals surface area contributed by atoms with Crippen molar-refractivity contribution >= 4 is 0 Å². The van der Waals surface area contributed by atoms with Crippen LogP contribution in [0.1, 0.15) is 29.1 Å². The highest BCUT2D eigenvalue weighted by atomic mass is 14.9. The molecule has 2 rings (SSSR count). The van der Waals surface area contributed by atoms with Crippen molar-refractivity contribution in [1.82, 2.24) is 15.3 Å². The maximum Gasteiger partial charge on any atom is 0.129 e. The molecular weight excluding hydrogens is 246 g/mol. The van der Waals surface area contributed by atoms with Crippen LogP contribution in [-0.2, 0) is 6.42 Å². The van der Waals surface area contributed by atoms with E-state index >= 15 is 0 Å². The second-order valence-corrected chi connectivity index (χ2v) is 5.32. The molecule has 3 heteroatoms. The fourth-order valence-electron chi connectivity index (χ4n) is 2.21. The molecule has 0 unspecified atom stereocenters. The summed E-state index contributed by atoms with van der Waals surface area (Å²) in [7, 11) is 1.97. The van der Waals surface area contributed by atoms with Gasteiger partial charge in [-0.15, -0.1) is 0 Å². The first-order valence-corrected chi connectivity index (χ1v) is 7.17. The van der Waals surface area contributed by atoms with Crippen LogP contribution < -0.4 is 5.32 Å². The van der Waals surface area contributed by atoms with Gasteiger partial charge < -0.3 is 5.32 Å². The van der Waals surface area contributed by atoms with Crippen LogP contribution in [0.4, 0.5) is 0 Å². The Morgan fingerprint density at radius 2 is 1.80 bits per heavy atom. The highest BCUT2D eigenvalue weighted by Crippen LogP contribution is 2.21. The third-order valence-electron chi connectivity index (χ3n) is 3.53. The Balaban J connectivity index is 2.28. The van der Waals surface area contributed by atoms with Crippen molar-refractivity contribution in [3.05, 3.63) is 46.9 Å². The standard InChI is InChI=1S/C17H23N3/c1-12-7-8-15(10-13(12)2)16-11-14(3)19-17(20-16)6-5-9-18-4/h7-8,10-11,18H,5-6,9H2,1-4H3. The van der Waals surface area contributed by atoms with E-state index < -0.39 is 0 Å². The Hall–Kier alpha value is -1.74. The van der Waals surface area contributed by atoms with Crippen molar-refractivity contribution < 1.29 is 0 Å². The molecule has 1 N–H and O–H groups in total. The van der Waals surface area contributed by atoms with Gasteiger partial charge in [-0.1, -0.05) is 12.1 Å². The largest absolute Gasteiger partial charge is 0.320 e. The van der Waals surface area contributed by atoms with E-state index in [0.717, 1.165) is 36.6 Å². The normalized spacial score (nSPS) is 10.8. The maximum absolute atomic E-state index is 4.71. The molecule has 106 valence electrons. The van der Waals surface area contributed by atoms with Crippen LogP contribution in [0.5, 0.6) is 0 Å². The van der Waals surface area contributed by atoms with E-state index in [1.807, 2.05) is 14.0 Å². The minimum absolute atomic E-state index is 0.917. The van der Waals surface area contributed by atoms with Crippen molar-refractivity contribution in [2.75, 3.05) is 13.6 Å². The van der Waals surface area contributed by atoms with Gasteiger partial charge >= 0.3 is 0 Å². The molecule has 0 radical (unpaired) electrons. The van der Waals surface area contributed by atoms with E-state index in [4.69, 9.17) is 4.98 Å². The van der Waals surface area contributed by atoms with Crippen LogP contribution in [0.3, 0.4) is 0 Å². The SMILES string of the molecule is CNCCCc1nc(C)cc(-c2ccc(C)c(C)c2)n1. The summed E-state index contributed by atoms with van der Waals surface area (Å²) < 4.78 is 0. The quantitative estimate of drug-likeness (QED) is 0.847. The zero-order valence-corrected chi connectivity index (χ0v) is 12.8. The fraction of sp³-hybridized carbons (Fsp3) is 0.412. The third kappa shape index (κ3) is 3.64. The highest BCUT2D eigenvalue weighted by molar-refractivity contribution is 5.61. The van der Waals surface area contributed by atoms with E-state index in [-0.39, 0.29) is 0 Å². The molecule has 1 heterocycles. The lowest BCUT2D eigenvalue weighted by atomic mass is 10.0. The van der Waals surface area contributed by atoms with Gasteiger partial charge in [-0.25, -0.2) is 9.97 Å². The van der Waals surface area contributed by atoms with Crippen LogP contribution in [0.15, 0.2) is 24.3 Å². The number of hydrogen-bond acceptors (Lipinski definition) is 3. The van der Waals surface area contributed by atoms with Gasteiger partial charge in [0.1, 0.15) is 5.82 Å². The number of aryl methyl sites for hydroxylation is 4. The van der Waals surface area contributed by atoms with Crippen molar-refractivity contribution in [3.63, 3.8) is 0 Å². The number of aromatic nitrogens is 2. The lowest BCUT2D eigenvalue weighted by Crippen LogP contribution is -2.10. The minimum atomic E-state index is 0.917. The van der Waals surface area contributed by atoms with Gasteiger partial charge in [0, 0.05) is 17.7 Å². The summed E-state index contributed by atoms with van der Waals surface area (Å²) >= 11 is 0. The number of benzene rings is 1. The maximum atomic E-state index is 4.71. The monoisotopic (exact) mass is 269 g/mol. The molecule has 0 atom stereocenters. The first-order chi connectivity index (χ1) is 9.60. The van der Waals surface area contributed by atoms with Crippen LogP contribution in [0.25, 0.3) is 11.3 Å². The predicted octanol–water partition coefficient (Wildman–Crippen LogP) is 3.22. The lowest BCUT2D eigenvalue weighted by Gasteiger charge is -2.08. The average Bonchev–Trinajstić information content (AvgIpc) is 2.41. The highest BCUT2D eigenvalue weighted by Gasteiger charge is 2.06. The lowest BCUT2D eigenvalue weighted by molar-refractivity contribution is 0.701. The van der Waals surface area contributed by atoms with E-state index in [1.165, 1.54) is 16.7 Å². The summed E-state index contributed by atoms with van der Waals surface area (Å²) in [6.45, 7) is 7.30. The van der Waals surface area contributed by atoms with Gasteiger partial charge in [-0.2, -0.15) is 0 Å². The van der Waals surface area contributed by atoms with E-state index in [0.29, 0.717) is 0 Å². The molecule has 0 fully saturated rings. The molecule has 0 aliphatic carbocycles. The zero-order valence-electron chi connectivity index (χ0n) is 12.8. The third-order valence-corrected chi connectivity index (χ3v) is 3.53. The van der Waals surface area contributed by atoms with Crippen LogP contribution >= 0.6 is 0 Å². The molecule has 0 aliphatic rings. The van der Waals surface area contributed by atoms with Crippen molar-refractivity contribution in [2.45, 2.75) is 33.6 Å². The second-order valence-electron chi connectivity index (χ2n) is 5.32. The van der Waals surface area contributed by atoms with Crippen molar-refractivity contribution in [2.24, 2.45) is 0 Å². The minimum Gasteiger partial charge on any atom is -0.320 e. The smallest absolute Gasteiger partial charge is 0.129 e.